The third-order valence-electron chi connectivity index (χ3n) is 5.25. The molecule has 1 aliphatic carbocycles. The van der Waals surface area contributed by atoms with Crippen molar-refractivity contribution in [2.45, 2.75) is 25.8 Å². The lowest BCUT2D eigenvalue weighted by Gasteiger charge is -2.64. The monoisotopic (exact) mass is 295 g/mol. The maximum absolute atomic E-state index is 9.87. The molecule has 0 aromatic heterocycles. The van der Waals surface area contributed by atoms with Gasteiger partial charge in [0.2, 0.25) is 0 Å². The Morgan fingerprint density at radius 2 is 1.68 bits per heavy atom. The maximum Gasteiger partial charge on any atom is 0.167 e. The first-order valence-electron chi connectivity index (χ1n) is 7.77. The van der Waals surface area contributed by atoms with Crippen LogP contribution < -0.4 is 0 Å². The smallest absolute Gasteiger partial charge is 0.167 e. The summed E-state index contributed by atoms with van der Waals surface area (Å²) in [6.07, 6.45) is 0. The summed E-state index contributed by atoms with van der Waals surface area (Å²) in [5.74, 6) is -0.0657. The molecule has 0 N–H and O–H groups in total. The second kappa shape index (κ2) is 5.39. The number of ether oxygens (including phenoxy) is 1. The molecule has 0 spiro atoms. The van der Waals surface area contributed by atoms with Crippen LogP contribution in [-0.2, 0) is 4.74 Å². The fourth-order valence-electron chi connectivity index (χ4n) is 4.60. The minimum atomic E-state index is -0.984. The molecule has 4 heteroatoms. The zero-order valence-corrected chi connectivity index (χ0v) is 13.1. The lowest BCUT2D eigenvalue weighted by Crippen LogP contribution is -2.71. The fourth-order valence-corrected chi connectivity index (χ4v) is 4.60. The standard InChI is InChI=1S/C18H21N3O/c1-17(2)15(14-6-4-3-5-7-14)18(12-19,13-20)16(17)21-8-10-22-11-9-21/h3-7,15-16H,8-11H2,1-2H3. The van der Waals surface area contributed by atoms with Crippen LogP contribution in [0.4, 0.5) is 0 Å². The maximum atomic E-state index is 9.87. The van der Waals surface area contributed by atoms with Gasteiger partial charge in [0.05, 0.1) is 25.4 Å². The van der Waals surface area contributed by atoms with Gasteiger partial charge in [-0.1, -0.05) is 44.2 Å². The van der Waals surface area contributed by atoms with E-state index >= 15 is 0 Å². The number of nitrogens with zero attached hydrogens (tertiary/aromatic N) is 3. The van der Waals surface area contributed by atoms with Crippen molar-refractivity contribution in [3.63, 3.8) is 0 Å². The zero-order valence-electron chi connectivity index (χ0n) is 13.1. The first-order valence-corrected chi connectivity index (χ1v) is 7.77. The van der Waals surface area contributed by atoms with Crippen LogP contribution >= 0.6 is 0 Å². The highest BCUT2D eigenvalue weighted by Crippen LogP contribution is 2.65. The van der Waals surface area contributed by atoms with E-state index in [1.807, 2.05) is 30.3 Å². The molecule has 0 bridgehead atoms. The number of hydrogen-bond donors (Lipinski definition) is 0. The van der Waals surface area contributed by atoms with Gasteiger partial charge >= 0.3 is 0 Å². The Bertz CT molecular complexity index is 606. The van der Waals surface area contributed by atoms with Crippen LogP contribution in [0.5, 0.6) is 0 Å². The average Bonchev–Trinajstić information content (AvgIpc) is 2.54. The predicted octanol–water partition coefficient (Wildman–Crippen LogP) is 2.54. The normalized spacial score (nSPS) is 29.8. The van der Waals surface area contributed by atoms with Crippen LogP contribution in [0.25, 0.3) is 0 Å². The number of morpholine rings is 1. The van der Waals surface area contributed by atoms with Crippen molar-refractivity contribution in [2.75, 3.05) is 26.3 Å². The SMILES string of the molecule is CC1(C)C(c2ccccc2)C(C#N)(C#N)C1N1CCOCC1. The Labute approximate surface area is 131 Å². The molecule has 0 amide bonds. The highest BCUT2D eigenvalue weighted by molar-refractivity contribution is 5.44. The van der Waals surface area contributed by atoms with Gasteiger partial charge in [-0.25, -0.2) is 0 Å². The molecule has 1 saturated heterocycles. The van der Waals surface area contributed by atoms with Crippen LogP contribution in [0.2, 0.25) is 0 Å². The molecule has 114 valence electrons. The quantitative estimate of drug-likeness (QED) is 0.841. The Hall–Kier alpha value is -1.88. The Morgan fingerprint density at radius 3 is 2.23 bits per heavy atom. The van der Waals surface area contributed by atoms with Gasteiger partial charge in [0.15, 0.2) is 5.41 Å². The number of benzene rings is 1. The lowest BCUT2D eigenvalue weighted by molar-refractivity contribution is -0.125. The van der Waals surface area contributed by atoms with Gasteiger partial charge < -0.3 is 4.74 Å². The molecule has 1 heterocycles. The van der Waals surface area contributed by atoms with Crippen molar-refractivity contribution >= 4 is 0 Å². The van der Waals surface area contributed by atoms with E-state index in [2.05, 4.69) is 30.9 Å². The molecule has 2 aliphatic rings. The van der Waals surface area contributed by atoms with Crippen molar-refractivity contribution in [3.05, 3.63) is 35.9 Å². The van der Waals surface area contributed by atoms with Gasteiger partial charge in [-0.05, 0) is 11.0 Å². The highest BCUT2D eigenvalue weighted by atomic mass is 16.5. The third kappa shape index (κ3) is 1.96. The molecule has 2 atom stereocenters. The van der Waals surface area contributed by atoms with Gasteiger partial charge in [-0.2, -0.15) is 10.5 Å². The van der Waals surface area contributed by atoms with Crippen LogP contribution in [0.3, 0.4) is 0 Å². The summed E-state index contributed by atoms with van der Waals surface area (Å²) in [6, 6.07) is 14.7. The molecule has 1 aliphatic heterocycles. The van der Waals surface area contributed by atoms with Crippen LogP contribution in [-0.4, -0.2) is 37.2 Å². The van der Waals surface area contributed by atoms with Crippen molar-refractivity contribution in [3.8, 4) is 12.1 Å². The Kier molecular flexibility index (Phi) is 3.68. The van der Waals surface area contributed by atoms with Crippen molar-refractivity contribution in [1.29, 1.82) is 10.5 Å². The lowest BCUT2D eigenvalue weighted by atomic mass is 9.42. The molecule has 1 saturated carbocycles. The second-order valence-electron chi connectivity index (χ2n) is 6.81. The molecule has 0 radical (unpaired) electrons. The van der Waals surface area contributed by atoms with Crippen molar-refractivity contribution in [1.82, 2.24) is 4.90 Å². The minimum Gasteiger partial charge on any atom is -0.379 e. The van der Waals surface area contributed by atoms with E-state index in [9.17, 15) is 10.5 Å². The number of rotatable bonds is 2. The molecule has 2 unspecified atom stereocenters. The number of nitriles is 2. The van der Waals surface area contributed by atoms with E-state index in [-0.39, 0.29) is 17.4 Å². The summed E-state index contributed by atoms with van der Waals surface area (Å²) in [5.41, 5.74) is -0.0214. The van der Waals surface area contributed by atoms with Crippen LogP contribution in [0.1, 0.15) is 25.3 Å². The van der Waals surface area contributed by atoms with Crippen LogP contribution in [0.15, 0.2) is 30.3 Å². The van der Waals surface area contributed by atoms with Gasteiger partial charge in [0.1, 0.15) is 0 Å². The molecule has 1 aromatic rings. The topological polar surface area (TPSA) is 60.0 Å². The second-order valence-corrected chi connectivity index (χ2v) is 6.81. The van der Waals surface area contributed by atoms with Crippen molar-refractivity contribution < 1.29 is 4.74 Å². The van der Waals surface area contributed by atoms with Gasteiger partial charge in [-0.3, -0.25) is 4.90 Å². The fraction of sp³-hybridized carbons (Fsp3) is 0.556. The molecule has 3 rings (SSSR count). The molecule has 2 fully saturated rings. The van der Waals surface area contributed by atoms with Crippen LogP contribution in [0, 0.1) is 33.5 Å². The largest absolute Gasteiger partial charge is 0.379 e. The predicted molar refractivity (Wildman–Crippen MR) is 82.8 cm³/mol. The highest BCUT2D eigenvalue weighted by Gasteiger charge is 2.70. The van der Waals surface area contributed by atoms with Gasteiger partial charge in [0, 0.05) is 25.0 Å². The first kappa shape index (κ1) is 15.0. The molecular formula is C18H21N3O. The number of hydrogen-bond acceptors (Lipinski definition) is 4. The summed E-state index contributed by atoms with van der Waals surface area (Å²) in [4.78, 5) is 2.27. The summed E-state index contributed by atoms with van der Waals surface area (Å²) in [5, 5.41) is 19.7. The average molecular weight is 295 g/mol. The Balaban J connectivity index is 2.02. The van der Waals surface area contributed by atoms with Gasteiger partial charge in [-0.15, -0.1) is 0 Å². The van der Waals surface area contributed by atoms with E-state index in [0.29, 0.717) is 13.2 Å². The third-order valence-corrected chi connectivity index (χ3v) is 5.25. The Morgan fingerprint density at radius 1 is 1.09 bits per heavy atom. The molecular weight excluding hydrogens is 274 g/mol. The van der Waals surface area contributed by atoms with E-state index in [1.165, 1.54) is 0 Å². The summed E-state index contributed by atoms with van der Waals surface area (Å²) in [6.45, 7) is 7.29. The van der Waals surface area contributed by atoms with E-state index in [0.717, 1.165) is 18.7 Å². The summed E-state index contributed by atoms with van der Waals surface area (Å²) < 4.78 is 5.43. The minimum absolute atomic E-state index is 0.0518. The van der Waals surface area contributed by atoms with E-state index < -0.39 is 5.41 Å². The van der Waals surface area contributed by atoms with Gasteiger partial charge in [0.25, 0.3) is 0 Å². The molecule has 4 nitrogen and oxygen atoms in total. The first-order chi connectivity index (χ1) is 10.6. The molecule has 22 heavy (non-hydrogen) atoms. The summed E-state index contributed by atoms with van der Waals surface area (Å²) >= 11 is 0. The van der Waals surface area contributed by atoms with Crippen molar-refractivity contribution in [2.24, 2.45) is 10.8 Å². The van der Waals surface area contributed by atoms with E-state index in [1.54, 1.807) is 0 Å². The molecule has 1 aromatic carbocycles. The zero-order chi connectivity index (χ0) is 15.8. The summed E-state index contributed by atoms with van der Waals surface area (Å²) in [7, 11) is 0. The van der Waals surface area contributed by atoms with E-state index in [4.69, 9.17) is 4.74 Å².